The maximum atomic E-state index is 5.97. The summed E-state index contributed by atoms with van der Waals surface area (Å²) in [6.45, 7) is 7.88. The summed E-state index contributed by atoms with van der Waals surface area (Å²) in [5, 5.41) is 0. The summed E-state index contributed by atoms with van der Waals surface area (Å²) in [5.41, 5.74) is 8.68. The first-order valence-electron chi connectivity index (χ1n) is 7.90. The molecule has 1 aromatic carbocycles. The van der Waals surface area contributed by atoms with Crippen molar-refractivity contribution in [1.29, 1.82) is 0 Å². The predicted molar refractivity (Wildman–Crippen MR) is 87.3 cm³/mol. The molecule has 0 saturated carbocycles. The van der Waals surface area contributed by atoms with Crippen molar-refractivity contribution in [3.8, 4) is 0 Å². The minimum atomic E-state index is 0.211. The summed E-state index contributed by atoms with van der Waals surface area (Å²) in [5.74, 6) is 0. The monoisotopic (exact) mass is 275 g/mol. The molecule has 1 heterocycles. The number of anilines is 1. The van der Waals surface area contributed by atoms with E-state index >= 15 is 0 Å². The van der Waals surface area contributed by atoms with Crippen LogP contribution >= 0.6 is 0 Å². The van der Waals surface area contributed by atoms with E-state index in [9.17, 15) is 0 Å². The van der Waals surface area contributed by atoms with Crippen molar-refractivity contribution in [3.63, 3.8) is 0 Å². The summed E-state index contributed by atoms with van der Waals surface area (Å²) >= 11 is 0. The van der Waals surface area contributed by atoms with Gasteiger partial charge < -0.3 is 10.6 Å². The Hall–Kier alpha value is -1.06. The van der Waals surface area contributed by atoms with Crippen LogP contribution in [0.4, 0.5) is 5.69 Å². The van der Waals surface area contributed by atoms with Crippen LogP contribution in [0.5, 0.6) is 0 Å². The number of rotatable bonds is 6. The number of hydrogen-bond donors (Lipinski definition) is 1. The Balaban J connectivity index is 2.06. The molecule has 0 spiro atoms. The summed E-state index contributed by atoms with van der Waals surface area (Å²) in [6, 6.07) is 9.59. The molecule has 0 amide bonds. The fraction of sp³-hybridized carbons (Fsp3) is 0.647. The molecule has 1 aliphatic rings. The highest BCUT2D eigenvalue weighted by Crippen LogP contribution is 2.24. The first-order chi connectivity index (χ1) is 9.61. The van der Waals surface area contributed by atoms with E-state index in [1.165, 1.54) is 37.2 Å². The molecule has 0 aromatic heterocycles. The Bertz CT molecular complexity index is 416. The second-order valence-electron chi connectivity index (χ2n) is 6.12. The van der Waals surface area contributed by atoms with Gasteiger partial charge in [-0.15, -0.1) is 0 Å². The van der Waals surface area contributed by atoms with Gasteiger partial charge in [-0.3, -0.25) is 4.90 Å². The molecule has 3 heteroatoms. The van der Waals surface area contributed by atoms with E-state index < -0.39 is 0 Å². The van der Waals surface area contributed by atoms with E-state index in [1.54, 1.807) is 0 Å². The molecule has 2 rings (SSSR count). The van der Waals surface area contributed by atoms with E-state index in [-0.39, 0.29) is 6.04 Å². The fourth-order valence-electron chi connectivity index (χ4n) is 3.34. The molecule has 2 atom stereocenters. The Labute approximate surface area is 123 Å². The van der Waals surface area contributed by atoms with Gasteiger partial charge in [0, 0.05) is 31.4 Å². The number of nitrogens with zero attached hydrogens (tertiary/aromatic N) is 2. The molecule has 3 nitrogen and oxygen atoms in total. The van der Waals surface area contributed by atoms with E-state index in [0.717, 1.165) is 13.0 Å². The van der Waals surface area contributed by atoms with Crippen LogP contribution < -0.4 is 10.6 Å². The predicted octanol–water partition coefficient (Wildman–Crippen LogP) is 2.50. The van der Waals surface area contributed by atoms with Gasteiger partial charge in [0.1, 0.15) is 0 Å². The lowest BCUT2D eigenvalue weighted by molar-refractivity contribution is 0.270. The summed E-state index contributed by atoms with van der Waals surface area (Å²) in [6.07, 6.45) is 3.62. The van der Waals surface area contributed by atoms with Crippen molar-refractivity contribution in [1.82, 2.24) is 4.90 Å². The molecule has 0 radical (unpaired) electrons. The molecule has 2 N–H and O–H groups in total. The van der Waals surface area contributed by atoms with Crippen LogP contribution in [0.15, 0.2) is 24.3 Å². The lowest BCUT2D eigenvalue weighted by Crippen LogP contribution is -2.39. The Kier molecular flexibility index (Phi) is 5.44. The average Bonchev–Trinajstić information content (AvgIpc) is 2.85. The smallest absolute Gasteiger partial charge is 0.0397 e. The van der Waals surface area contributed by atoms with Crippen molar-refractivity contribution >= 4 is 5.69 Å². The number of hydrogen-bond acceptors (Lipinski definition) is 3. The highest BCUT2D eigenvalue weighted by molar-refractivity contribution is 5.53. The molecule has 0 bridgehead atoms. The van der Waals surface area contributed by atoms with Crippen LogP contribution in [0.25, 0.3) is 0 Å². The van der Waals surface area contributed by atoms with Gasteiger partial charge in [0.15, 0.2) is 0 Å². The number of benzene rings is 1. The molecule has 112 valence electrons. The number of para-hydroxylation sites is 1. The van der Waals surface area contributed by atoms with Crippen LogP contribution in [0.1, 0.15) is 32.3 Å². The molecule has 1 saturated heterocycles. The van der Waals surface area contributed by atoms with E-state index in [4.69, 9.17) is 5.73 Å². The largest absolute Gasteiger partial charge is 0.373 e. The van der Waals surface area contributed by atoms with Crippen LogP contribution in [0.2, 0.25) is 0 Å². The number of likely N-dealkylation sites (N-methyl/N-ethyl adjacent to an activating group) is 2. The average molecular weight is 275 g/mol. The maximum absolute atomic E-state index is 5.97. The Morgan fingerprint density at radius 2 is 2.15 bits per heavy atom. The van der Waals surface area contributed by atoms with Gasteiger partial charge in [-0.2, -0.15) is 0 Å². The third-order valence-corrected chi connectivity index (χ3v) is 4.33. The van der Waals surface area contributed by atoms with Gasteiger partial charge in [-0.1, -0.05) is 25.1 Å². The third kappa shape index (κ3) is 3.74. The van der Waals surface area contributed by atoms with Gasteiger partial charge >= 0.3 is 0 Å². The van der Waals surface area contributed by atoms with Gasteiger partial charge in [0.05, 0.1) is 0 Å². The topological polar surface area (TPSA) is 32.5 Å². The fourth-order valence-corrected chi connectivity index (χ4v) is 3.34. The molecule has 2 unspecified atom stereocenters. The van der Waals surface area contributed by atoms with Crippen molar-refractivity contribution in [2.75, 3.05) is 31.6 Å². The Morgan fingerprint density at radius 1 is 1.40 bits per heavy atom. The molecular formula is C17H29N3. The second-order valence-corrected chi connectivity index (χ2v) is 6.12. The molecule has 1 fully saturated rings. The van der Waals surface area contributed by atoms with Gasteiger partial charge in [0.25, 0.3) is 0 Å². The zero-order valence-electron chi connectivity index (χ0n) is 13.2. The standard InChI is InChI=1S/C17H29N3/c1-4-20-11-7-9-16(20)13-19(3)17-10-6-5-8-15(17)12-14(2)18/h5-6,8,10,14,16H,4,7,9,11-13,18H2,1-3H3. The molecule has 0 aliphatic carbocycles. The van der Waals surface area contributed by atoms with E-state index in [2.05, 4.69) is 55.0 Å². The minimum Gasteiger partial charge on any atom is -0.373 e. The highest BCUT2D eigenvalue weighted by Gasteiger charge is 2.24. The third-order valence-electron chi connectivity index (χ3n) is 4.33. The summed E-state index contributed by atoms with van der Waals surface area (Å²) in [7, 11) is 2.21. The minimum absolute atomic E-state index is 0.211. The maximum Gasteiger partial charge on any atom is 0.0397 e. The normalized spacial score (nSPS) is 21.1. The molecule has 1 aliphatic heterocycles. The zero-order chi connectivity index (χ0) is 14.5. The van der Waals surface area contributed by atoms with Crippen LogP contribution in [-0.2, 0) is 6.42 Å². The van der Waals surface area contributed by atoms with E-state index in [0.29, 0.717) is 6.04 Å². The highest BCUT2D eigenvalue weighted by atomic mass is 15.2. The van der Waals surface area contributed by atoms with Crippen molar-refractivity contribution < 1.29 is 0 Å². The molecule has 1 aromatic rings. The second kappa shape index (κ2) is 7.09. The molecule has 20 heavy (non-hydrogen) atoms. The van der Waals surface area contributed by atoms with Crippen molar-refractivity contribution in [2.24, 2.45) is 5.73 Å². The van der Waals surface area contributed by atoms with Crippen molar-refractivity contribution in [2.45, 2.75) is 45.2 Å². The van der Waals surface area contributed by atoms with Crippen LogP contribution in [0.3, 0.4) is 0 Å². The van der Waals surface area contributed by atoms with Crippen LogP contribution in [-0.4, -0.2) is 43.7 Å². The van der Waals surface area contributed by atoms with Gasteiger partial charge in [0.2, 0.25) is 0 Å². The summed E-state index contributed by atoms with van der Waals surface area (Å²) < 4.78 is 0. The Morgan fingerprint density at radius 3 is 2.85 bits per heavy atom. The zero-order valence-corrected chi connectivity index (χ0v) is 13.2. The molecular weight excluding hydrogens is 246 g/mol. The van der Waals surface area contributed by atoms with Crippen molar-refractivity contribution in [3.05, 3.63) is 29.8 Å². The SMILES string of the molecule is CCN1CCCC1CN(C)c1ccccc1CC(C)N. The summed E-state index contributed by atoms with van der Waals surface area (Å²) in [4.78, 5) is 5.01. The lowest BCUT2D eigenvalue weighted by atomic mass is 10.0. The van der Waals surface area contributed by atoms with Gasteiger partial charge in [-0.05, 0) is 50.9 Å². The number of likely N-dealkylation sites (tertiary alicyclic amines) is 1. The number of nitrogens with two attached hydrogens (primary N) is 1. The van der Waals surface area contributed by atoms with E-state index in [1.807, 2.05) is 0 Å². The first kappa shape index (κ1) is 15.3. The quantitative estimate of drug-likeness (QED) is 0.866. The first-order valence-corrected chi connectivity index (χ1v) is 7.90. The van der Waals surface area contributed by atoms with Crippen LogP contribution in [0, 0.1) is 0 Å². The van der Waals surface area contributed by atoms with Gasteiger partial charge in [-0.25, -0.2) is 0 Å². The lowest BCUT2D eigenvalue weighted by Gasteiger charge is -2.30.